The van der Waals surface area contributed by atoms with E-state index in [1.54, 1.807) is 36.4 Å². The molecule has 1 heterocycles. The van der Waals surface area contributed by atoms with E-state index in [1.165, 1.54) is 30.7 Å². The second-order valence-electron chi connectivity index (χ2n) is 12.1. The number of imide groups is 1. The number of rotatable bonds is 9. The van der Waals surface area contributed by atoms with Crippen LogP contribution in [0, 0.1) is 6.92 Å². The Morgan fingerprint density at radius 2 is 1.21 bits per heavy atom. The lowest BCUT2D eigenvalue weighted by molar-refractivity contribution is 0.0318. The fraction of sp³-hybridized carbons (Fsp3) is 0.150. The summed E-state index contributed by atoms with van der Waals surface area (Å²) in [5.41, 5.74) is 4.32. The fourth-order valence-electron chi connectivity index (χ4n) is 5.60. The minimum Gasteiger partial charge on any atom is -0.457 e. The van der Waals surface area contributed by atoms with E-state index in [9.17, 15) is 19.2 Å². The number of hydrogen-bond acceptors (Lipinski definition) is 6. The van der Waals surface area contributed by atoms with Crippen LogP contribution in [0.5, 0.6) is 11.5 Å². The van der Waals surface area contributed by atoms with Crippen LogP contribution in [0.25, 0.3) is 0 Å². The van der Waals surface area contributed by atoms with E-state index in [0.29, 0.717) is 22.7 Å². The van der Waals surface area contributed by atoms with Gasteiger partial charge >= 0.3 is 5.97 Å². The Labute approximate surface area is 273 Å². The minimum atomic E-state index is -1.04. The lowest BCUT2D eigenvalue weighted by Gasteiger charge is -2.26. The standard InChI is InChI=1S/C40H33NO6/c1-25-10-12-27(13-11-25)36(42)26(2)46-39(45)28-14-23-34-35(24-28)38(44)41(37(34)43)31-17-21-33(22-18-31)47-32-19-15-30(16-20-32)40(3,4)29-8-6-5-7-9-29/h5-24,26H,1-4H3. The van der Waals surface area contributed by atoms with Crippen molar-refractivity contribution in [2.24, 2.45) is 0 Å². The lowest BCUT2D eigenvalue weighted by Crippen LogP contribution is -2.29. The molecule has 0 aromatic heterocycles. The normalized spacial score (nSPS) is 13.2. The van der Waals surface area contributed by atoms with Gasteiger partial charge in [0.1, 0.15) is 11.5 Å². The summed E-state index contributed by atoms with van der Waals surface area (Å²) in [5, 5.41) is 0. The van der Waals surface area contributed by atoms with E-state index in [-0.39, 0.29) is 27.9 Å². The Bertz CT molecular complexity index is 1980. The summed E-state index contributed by atoms with van der Waals surface area (Å²) in [6, 6.07) is 36.0. The number of anilines is 1. The molecule has 6 rings (SSSR count). The molecular formula is C40H33NO6. The third-order valence-electron chi connectivity index (χ3n) is 8.51. The zero-order chi connectivity index (χ0) is 33.3. The second-order valence-corrected chi connectivity index (χ2v) is 12.1. The predicted molar refractivity (Wildman–Crippen MR) is 179 cm³/mol. The van der Waals surface area contributed by atoms with Crippen LogP contribution in [-0.2, 0) is 10.2 Å². The van der Waals surface area contributed by atoms with Gasteiger partial charge in [-0.2, -0.15) is 0 Å². The number of fused-ring (bicyclic) bond motifs is 1. The number of carbonyl (C=O) groups excluding carboxylic acids is 4. The zero-order valence-electron chi connectivity index (χ0n) is 26.5. The van der Waals surface area contributed by atoms with Gasteiger partial charge in [-0.15, -0.1) is 0 Å². The van der Waals surface area contributed by atoms with Gasteiger partial charge in [-0.3, -0.25) is 14.4 Å². The second kappa shape index (κ2) is 12.5. The molecule has 0 saturated carbocycles. The monoisotopic (exact) mass is 623 g/mol. The number of hydrogen-bond donors (Lipinski definition) is 0. The molecule has 0 spiro atoms. The van der Waals surface area contributed by atoms with E-state index in [4.69, 9.17) is 9.47 Å². The maximum Gasteiger partial charge on any atom is 0.338 e. The van der Waals surface area contributed by atoms with Crippen molar-refractivity contribution in [2.45, 2.75) is 39.2 Å². The summed E-state index contributed by atoms with van der Waals surface area (Å²) >= 11 is 0. The largest absolute Gasteiger partial charge is 0.457 e. The quantitative estimate of drug-likeness (QED) is 0.0932. The number of ketones is 1. The van der Waals surface area contributed by atoms with Crippen LogP contribution in [0.4, 0.5) is 5.69 Å². The molecule has 0 bridgehead atoms. The first kappa shape index (κ1) is 31.2. The molecule has 2 amide bonds. The number of amides is 2. The number of esters is 1. The van der Waals surface area contributed by atoms with Crippen LogP contribution in [0.3, 0.4) is 0 Å². The molecule has 234 valence electrons. The van der Waals surface area contributed by atoms with Crippen molar-refractivity contribution >= 4 is 29.3 Å². The summed E-state index contributed by atoms with van der Waals surface area (Å²) in [4.78, 5) is 53.3. The molecule has 0 saturated heterocycles. The number of nitrogens with zero attached hydrogens (tertiary/aromatic N) is 1. The number of aryl methyl sites for hydroxylation is 1. The van der Waals surface area contributed by atoms with Crippen molar-refractivity contribution in [3.05, 3.63) is 160 Å². The number of ether oxygens (including phenoxy) is 2. The van der Waals surface area contributed by atoms with Crippen LogP contribution in [-0.4, -0.2) is 29.7 Å². The zero-order valence-corrected chi connectivity index (χ0v) is 26.5. The van der Waals surface area contributed by atoms with Gasteiger partial charge in [0.05, 0.1) is 22.4 Å². The molecule has 47 heavy (non-hydrogen) atoms. The Hall–Kier alpha value is -5.82. The molecule has 5 aromatic carbocycles. The van der Waals surface area contributed by atoms with Crippen molar-refractivity contribution < 1.29 is 28.7 Å². The van der Waals surface area contributed by atoms with E-state index < -0.39 is 23.9 Å². The fourth-order valence-corrected chi connectivity index (χ4v) is 5.60. The lowest BCUT2D eigenvalue weighted by atomic mass is 9.78. The van der Waals surface area contributed by atoms with E-state index in [1.807, 2.05) is 61.5 Å². The summed E-state index contributed by atoms with van der Waals surface area (Å²) in [6.45, 7) is 7.77. The first-order valence-corrected chi connectivity index (χ1v) is 15.3. The minimum absolute atomic E-state index is 0.0669. The molecule has 0 radical (unpaired) electrons. The SMILES string of the molecule is Cc1ccc(C(=O)C(C)OC(=O)c2ccc3c(c2)C(=O)N(c2ccc(Oc4ccc(C(C)(C)c5ccccc5)cc4)cc2)C3=O)cc1. The van der Waals surface area contributed by atoms with Crippen LogP contribution < -0.4 is 9.64 Å². The molecule has 5 aromatic rings. The molecule has 0 N–H and O–H groups in total. The molecule has 0 aliphatic carbocycles. The van der Waals surface area contributed by atoms with Gasteiger partial charge in [0.2, 0.25) is 5.78 Å². The first-order chi connectivity index (χ1) is 22.5. The molecule has 0 fully saturated rings. The van der Waals surface area contributed by atoms with Gasteiger partial charge in [-0.1, -0.05) is 86.1 Å². The Kier molecular flexibility index (Phi) is 8.31. The molecule has 1 aliphatic rings. The van der Waals surface area contributed by atoms with E-state index in [2.05, 4.69) is 26.0 Å². The summed E-state index contributed by atoms with van der Waals surface area (Å²) in [6.07, 6.45) is -1.04. The van der Waals surface area contributed by atoms with Crippen molar-refractivity contribution in [2.75, 3.05) is 4.90 Å². The maximum atomic E-state index is 13.4. The van der Waals surface area contributed by atoms with Crippen LogP contribution >= 0.6 is 0 Å². The third-order valence-corrected chi connectivity index (χ3v) is 8.51. The summed E-state index contributed by atoms with van der Waals surface area (Å²) in [7, 11) is 0. The molecule has 7 heteroatoms. The van der Waals surface area contributed by atoms with Gasteiger partial charge < -0.3 is 9.47 Å². The van der Waals surface area contributed by atoms with Crippen molar-refractivity contribution in [1.82, 2.24) is 0 Å². The maximum absolute atomic E-state index is 13.4. The molecule has 1 aliphatic heterocycles. The Morgan fingerprint density at radius 1 is 0.660 bits per heavy atom. The average molecular weight is 624 g/mol. The highest BCUT2D eigenvalue weighted by molar-refractivity contribution is 6.34. The molecular weight excluding hydrogens is 590 g/mol. The van der Waals surface area contributed by atoms with Gasteiger partial charge in [0.25, 0.3) is 11.8 Å². The van der Waals surface area contributed by atoms with Gasteiger partial charge in [-0.25, -0.2) is 9.69 Å². The first-order valence-electron chi connectivity index (χ1n) is 15.3. The average Bonchev–Trinajstić information content (AvgIpc) is 3.34. The van der Waals surface area contributed by atoms with E-state index in [0.717, 1.165) is 16.0 Å². The number of benzene rings is 5. The van der Waals surface area contributed by atoms with Gasteiger partial charge in [-0.05, 0) is 79.6 Å². The Morgan fingerprint density at radius 3 is 1.85 bits per heavy atom. The summed E-state index contributed by atoms with van der Waals surface area (Å²) < 4.78 is 11.5. The van der Waals surface area contributed by atoms with Gasteiger partial charge in [0, 0.05) is 11.0 Å². The highest BCUT2D eigenvalue weighted by atomic mass is 16.5. The highest BCUT2D eigenvalue weighted by Gasteiger charge is 2.37. The third kappa shape index (κ3) is 6.20. The van der Waals surface area contributed by atoms with Crippen LogP contribution in [0.1, 0.15) is 78.9 Å². The summed E-state index contributed by atoms with van der Waals surface area (Å²) in [5.74, 6) is -0.974. The van der Waals surface area contributed by atoms with Crippen molar-refractivity contribution in [3.63, 3.8) is 0 Å². The number of Topliss-reactive ketones (excluding diaryl/α,β-unsaturated/α-hetero) is 1. The number of carbonyl (C=O) groups is 4. The highest BCUT2D eigenvalue weighted by Crippen LogP contribution is 2.34. The topological polar surface area (TPSA) is 90.0 Å². The van der Waals surface area contributed by atoms with Crippen molar-refractivity contribution in [1.29, 1.82) is 0 Å². The molecule has 1 unspecified atom stereocenters. The van der Waals surface area contributed by atoms with E-state index >= 15 is 0 Å². The molecule has 7 nitrogen and oxygen atoms in total. The van der Waals surface area contributed by atoms with Gasteiger partial charge in [0.15, 0.2) is 6.10 Å². The predicted octanol–water partition coefficient (Wildman–Crippen LogP) is 8.34. The smallest absolute Gasteiger partial charge is 0.338 e. The van der Waals surface area contributed by atoms with Crippen molar-refractivity contribution in [3.8, 4) is 11.5 Å². The Balaban J connectivity index is 1.12. The van der Waals surface area contributed by atoms with Crippen LogP contribution in [0.15, 0.2) is 121 Å². The molecule has 1 atom stereocenters. The van der Waals surface area contributed by atoms with Crippen LogP contribution in [0.2, 0.25) is 0 Å².